The van der Waals surface area contributed by atoms with Gasteiger partial charge in [-0.05, 0) is 55.4 Å². The number of ether oxygens (including phenoxy) is 2. The lowest BCUT2D eigenvalue weighted by molar-refractivity contribution is 0.0951. The first-order chi connectivity index (χ1) is 14.3. The Labute approximate surface area is 185 Å². The van der Waals surface area contributed by atoms with Crippen molar-refractivity contribution in [1.82, 2.24) is 5.32 Å². The van der Waals surface area contributed by atoms with Crippen LogP contribution in [0.2, 0.25) is 5.02 Å². The minimum atomic E-state index is -0.470. The van der Waals surface area contributed by atoms with E-state index in [4.69, 9.17) is 37.7 Å². The van der Waals surface area contributed by atoms with Crippen LogP contribution in [0, 0.1) is 13.8 Å². The highest BCUT2D eigenvalue weighted by Crippen LogP contribution is 2.35. The second-order valence-electron chi connectivity index (χ2n) is 6.56. The maximum atomic E-state index is 12.5. The molecule has 156 valence electrons. The number of methoxy groups -OCH3 is 2. The van der Waals surface area contributed by atoms with Crippen molar-refractivity contribution >= 4 is 40.5 Å². The first kappa shape index (κ1) is 21.7. The predicted octanol–water partition coefficient (Wildman–Crippen LogP) is 5.36. The fourth-order valence-corrected chi connectivity index (χ4v) is 3.22. The molecule has 0 radical (unpaired) electrons. The number of hydrogen-bond acceptors (Lipinski definition) is 5. The van der Waals surface area contributed by atoms with Crippen LogP contribution in [0.5, 0.6) is 11.5 Å². The molecule has 0 saturated carbocycles. The normalized spacial score (nSPS) is 10.4. The summed E-state index contributed by atoms with van der Waals surface area (Å²) in [4.78, 5) is 12.5. The Bertz CT molecular complexity index is 1110. The van der Waals surface area contributed by atoms with Gasteiger partial charge >= 0.3 is 0 Å². The van der Waals surface area contributed by atoms with E-state index in [9.17, 15) is 4.79 Å². The average Bonchev–Trinajstić information content (AvgIpc) is 3.21. The molecular weight excluding hydrogens is 424 g/mol. The molecule has 8 heteroatoms. The number of amides is 1. The van der Waals surface area contributed by atoms with Crippen LogP contribution in [-0.4, -0.2) is 25.2 Å². The molecule has 0 bridgehead atoms. The van der Waals surface area contributed by atoms with Crippen molar-refractivity contribution in [3.63, 3.8) is 0 Å². The van der Waals surface area contributed by atoms with Crippen LogP contribution >= 0.6 is 23.8 Å². The van der Waals surface area contributed by atoms with Gasteiger partial charge in [0.2, 0.25) is 0 Å². The van der Waals surface area contributed by atoms with E-state index < -0.39 is 5.91 Å². The summed E-state index contributed by atoms with van der Waals surface area (Å²) in [7, 11) is 3.00. The molecule has 0 fully saturated rings. The maximum Gasteiger partial charge on any atom is 0.293 e. The number of carbonyl (C=O) groups excluding carboxylic acids is 1. The van der Waals surface area contributed by atoms with Gasteiger partial charge in [0.05, 0.1) is 24.9 Å². The first-order valence-electron chi connectivity index (χ1n) is 9.03. The van der Waals surface area contributed by atoms with Crippen LogP contribution in [-0.2, 0) is 0 Å². The Kier molecular flexibility index (Phi) is 6.64. The Morgan fingerprint density at radius 3 is 2.40 bits per heavy atom. The van der Waals surface area contributed by atoms with Crippen molar-refractivity contribution in [3.8, 4) is 22.8 Å². The van der Waals surface area contributed by atoms with E-state index in [1.807, 2.05) is 32.0 Å². The topological polar surface area (TPSA) is 72.7 Å². The van der Waals surface area contributed by atoms with Crippen LogP contribution in [0.4, 0.5) is 5.69 Å². The Morgan fingerprint density at radius 1 is 1.00 bits per heavy atom. The molecule has 0 spiro atoms. The molecule has 2 N–H and O–H groups in total. The summed E-state index contributed by atoms with van der Waals surface area (Å²) in [6.45, 7) is 4.07. The second-order valence-corrected chi connectivity index (χ2v) is 7.37. The number of anilines is 1. The van der Waals surface area contributed by atoms with Crippen LogP contribution < -0.4 is 20.1 Å². The van der Waals surface area contributed by atoms with Gasteiger partial charge in [0.25, 0.3) is 5.91 Å². The molecule has 2 aromatic carbocycles. The number of benzene rings is 2. The third-order valence-corrected chi connectivity index (χ3v) is 5.07. The lowest BCUT2D eigenvalue weighted by Gasteiger charge is -2.14. The van der Waals surface area contributed by atoms with E-state index in [1.165, 1.54) is 19.8 Å². The molecule has 0 saturated heterocycles. The molecule has 0 aliphatic carbocycles. The number of rotatable bonds is 5. The fourth-order valence-electron chi connectivity index (χ4n) is 2.79. The van der Waals surface area contributed by atoms with E-state index in [1.54, 1.807) is 24.3 Å². The highest BCUT2D eigenvalue weighted by atomic mass is 35.5. The molecule has 0 atom stereocenters. The van der Waals surface area contributed by atoms with Gasteiger partial charge in [-0.3, -0.25) is 10.1 Å². The number of hydrogen-bond donors (Lipinski definition) is 2. The van der Waals surface area contributed by atoms with Gasteiger partial charge in [0.1, 0.15) is 17.3 Å². The quantitative estimate of drug-likeness (QED) is 0.516. The van der Waals surface area contributed by atoms with Crippen LogP contribution in [0.15, 0.2) is 46.9 Å². The molecule has 0 aliphatic heterocycles. The van der Waals surface area contributed by atoms with Gasteiger partial charge in [0, 0.05) is 17.7 Å². The molecule has 1 amide bonds. The maximum absolute atomic E-state index is 12.5. The highest BCUT2D eigenvalue weighted by Gasteiger charge is 2.16. The molecule has 0 unspecified atom stereocenters. The van der Waals surface area contributed by atoms with Crippen molar-refractivity contribution < 1.29 is 18.7 Å². The number of carbonyl (C=O) groups is 1. The molecule has 6 nitrogen and oxygen atoms in total. The summed E-state index contributed by atoms with van der Waals surface area (Å²) < 4.78 is 16.2. The minimum absolute atomic E-state index is 0.0757. The van der Waals surface area contributed by atoms with Gasteiger partial charge < -0.3 is 19.2 Å². The molecular formula is C22H21ClN2O4S. The molecule has 0 aliphatic rings. The number of aryl methyl sites for hydroxylation is 2. The summed E-state index contributed by atoms with van der Waals surface area (Å²) >= 11 is 11.4. The zero-order valence-corrected chi connectivity index (χ0v) is 18.5. The number of thiocarbonyl (C=S) groups is 1. The van der Waals surface area contributed by atoms with Crippen molar-refractivity contribution in [3.05, 3.63) is 64.4 Å². The van der Waals surface area contributed by atoms with Crippen molar-refractivity contribution in [2.24, 2.45) is 0 Å². The van der Waals surface area contributed by atoms with Crippen LogP contribution in [0.1, 0.15) is 21.7 Å². The SMILES string of the molecule is COc1cc(NC(=S)NC(=O)c2ccc(-c3ccc(C)c(C)c3)o2)c(OC)cc1Cl. The smallest absolute Gasteiger partial charge is 0.293 e. The van der Waals surface area contributed by atoms with E-state index in [0.29, 0.717) is 28.0 Å². The van der Waals surface area contributed by atoms with Crippen LogP contribution in [0.3, 0.4) is 0 Å². The summed E-state index contributed by atoms with van der Waals surface area (Å²) in [5.41, 5.74) is 3.73. The predicted molar refractivity (Wildman–Crippen MR) is 122 cm³/mol. The number of halogens is 1. The summed E-state index contributed by atoms with van der Waals surface area (Å²) in [6, 6.07) is 12.6. The van der Waals surface area contributed by atoms with E-state index in [-0.39, 0.29) is 10.9 Å². The lowest BCUT2D eigenvalue weighted by atomic mass is 10.1. The molecule has 1 heterocycles. The van der Waals surface area contributed by atoms with Gasteiger partial charge in [-0.15, -0.1) is 0 Å². The Hall–Kier alpha value is -3.03. The summed E-state index contributed by atoms with van der Waals surface area (Å²) in [6.07, 6.45) is 0. The van der Waals surface area contributed by atoms with E-state index in [0.717, 1.165) is 11.1 Å². The first-order valence-corrected chi connectivity index (χ1v) is 9.82. The highest BCUT2D eigenvalue weighted by molar-refractivity contribution is 7.80. The zero-order chi connectivity index (χ0) is 21.8. The standard InChI is InChI=1S/C22H21ClN2O4S/c1-12-5-6-14(9-13(12)2)17-7-8-18(29-17)21(26)25-22(30)24-16-11-19(27-3)15(23)10-20(16)28-4/h5-11H,1-4H3,(H2,24,25,26,30). The van der Waals surface area contributed by atoms with E-state index >= 15 is 0 Å². The third kappa shape index (κ3) is 4.75. The Balaban J connectivity index is 1.72. The van der Waals surface area contributed by atoms with Gasteiger partial charge in [0.15, 0.2) is 10.9 Å². The molecule has 3 aromatic rings. The minimum Gasteiger partial charge on any atom is -0.495 e. The lowest BCUT2D eigenvalue weighted by Crippen LogP contribution is -2.34. The zero-order valence-electron chi connectivity index (χ0n) is 17.0. The largest absolute Gasteiger partial charge is 0.495 e. The third-order valence-electron chi connectivity index (χ3n) is 4.57. The molecule has 3 rings (SSSR count). The van der Waals surface area contributed by atoms with Gasteiger partial charge in [-0.2, -0.15) is 0 Å². The van der Waals surface area contributed by atoms with Gasteiger partial charge in [-0.1, -0.05) is 23.7 Å². The second kappa shape index (κ2) is 9.19. The summed E-state index contributed by atoms with van der Waals surface area (Å²) in [5, 5.41) is 5.97. The van der Waals surface area contributed by atoms with Crippen molar-refractivity contribution in [2.75, 3.05) is 19.5 Å². The van der Waals surface area contributed by atoms with Crippen molar-refractivity contribution in [2.45, 2.75) is 13.8 Å². The van der Waals surface area contributed by atoms with E-state index in [2.05, 4.69) is 10.6 Å². The fraction of sp³-hybridized carbons (Fsp3) is 0.182. The average molecular weight is 445 g/mol. The van der Waals surface area contributed by atoms with Crippen LogP contribution in [0.25, 0.3) is 11.3 Å². The Morgan fingerprint density at radius 2 is 1.73 bits per heavy atom. The number of furan rings is 1. The summed E-state index contributed by atoms with van der Waals surface area (Å²) in [5.74, 6) is 1.17. The molecule has 1 aromatic heterocycles. The molecule has 30 heavy (non-hydrogen) atoms. The van der Waals surface area contributed by atoms with Crippen molar-refractivity contribution in [1.29, 1.82) is 0 Å². The number of nitrogens with one attached hydrogen (secondary N) is 2. The van der Waals surface area contributed by atoms with Gasteiger partial charge in [-0.25, -0.2) is 0 Å². The monoisotopic (exact) mass is 444 g/mol.